The third-order valence-corrected chi connectivity index (χ3v) is 6.91. The van der Waals surface area contributed by atoms with Crippen molar-refractivity contribution in [3.05, 3.63) is 134 Å². The Morgan fingerprint density at radius 1 is 0.382 bits per heavy atom. The van der Waals surface area contributed by atoms with Gasteiger partial charge in [0, 0.05) is 11.5 Å². The Balaban J connectivity index is 1.66. The van der Waals surface area contributed by atoms with Gasteiger partial charge in [0.2, 0.25) is 5.69 Å². The molecule has 0 fully saturated rings. The van der Waals surface area contributed by atoms with Gasteiger partial charge in [-0.3, -0.25) is 0 Å². The van der Waals surface area contributed by atoms with Gasteiger partial charge in [0.1, 0.15) is 0 Å². The normalized spacial score (nSPS) is 11.5. The fourth-order valence-corrected chi connectivity index (χ4v) is 5.39. The minimum Gasteiger partial charge on any atom is -0.165 e. The molecule has 1 heterocycles. The Bertz CT molecular complexity index is 1800. The van der Waals surface area contributed by atoms with Gasteiger partial charge >= 0.3 is 0 Å². The van der Waals surface area contributed by atoms with Crippen molar-refractivity contribution in [3.8, 4) is 16.8 Å². The fourth-order valence-electron chi connectivity index (χ4n) is 5.39. The fraction of sp³-hybridized carbons (Fsp3) is 0. The zero-order valence-corrected chi connectivity index (χ0v) is 18.6. The molecule has 0 aliphatic carbocycles. The van der Waals surface area contributed by atoms with Crippen LogP contribution in [0.25, 0.3) is 59.9 Å². The summed E-state index contributed by atoms with van der Waals surface area (Å²) in [5.41, 5.74) is 3.80. The number of hydrogen-bond donors (Lipinski definition) is 0. The van der Waals surface area contributed by atoms with Gasteiger partial charge in [-0.1, -0.05) is 97.1 Å². The first-order valence-electron chi connectivity index (χ1n) is 11.7. The molecule has 0 aliphatic rings. The molecule has 6 aromatic carbocycles. The third kappa shape index (κ3) is 2.84. The summed E-state index contributed by atoms with van der Waals surface area (Å²) < 4.78 is 2.29. The van der Waals surface area contributed by atoms with Crippen LogP contribution in [0.4, 0.5) is 0 Å². The summed E-state index contributed by atoms with van der Waals surface area (Å²) in [4.78, 5) is 0. The van der Waals surface area contributed by atoms with Crippen LogP contribution in [0.3, 0.4) is 0 Å². The van der Waals surface area contributed by atoms with E-state index in [1.54, 1.807) is 0 Å². The number of rotatable bonds is 2. The maximum Gasteiger partial charge on any atom is 0.226 e. The van der Waals surface area contributed by atoms with Crippen molar-refractivity contribution in [3.63, 3.8) is 0 Å². The molecule has 0 N–H and O–H groups in total. The minimum absolute atomic E-state index is 1.22. The highest BCUT2D eigenvalue weighted by Gasteiger charge is 2.22. The Morgan fingerprint density at radius 3 is 1.62 bits per heavy atom. The van der Waals surface area contributed by atoms with Crippen LogP contribution in [0.1, 0.15) is 0 Å². The summed E-state index contributed by atoms with van der Waals surface area (Å²) in [6.07, 6.45) is 4.44. The second-order valence-corrected chi connectivity index (χ2v) is 8.82. The molecule has 1 aromatic heterocycles. The lowest BCUT2D eigenvalue weighted by Gasteiger charge is -2.16. The topological polar surface area (TPSA) is 3.88 Å². The van der Waals surface area contributed by atoms with Crippen molar-refractivity contribution >= 4 is 43.1 Å². The Morgan fingerprint density at radius 2 is 0.912 bits per heavy atom. The van der Waals surface area contributed by atoms with Crippen LogP contribution in [0.5, 0.6) is 0 Å². The molecule has 0 unspecified atom stereocenters. The van der Waals surface area contributed by atoms with Gasteiger partial charge in [0.15, 0.2) is 12.4 Å². The van der Waals surface area contributed by atoms with E-state index in [1.807, 2.05) is 0 Å². The zero-order valence-electron chi connectivity index (χ0n) is 18.6. The summed E-state index contributed by atoms with van der Waals surface area (Å²) in [6.45, 7) is 0. The second kappa shape index (κ2) is 7.54. The van der Waals surface area contributed by atoms with Gasteiger partial charge in [0.25, 0.3) is 0 Å². The molecule has 0 spiro atoms. The first-order chi connectivity index (χ1) is 16.9. The summed E-state index contributed by atoms with van der Waals surface area (Å²) in [7, 11) is 0. The number of hydrogen-bond acceptors (Lipinski definition) is 0. The molecule has 1 nitrogen and oxygen atoms in total. The molecule has 158 valence electrons. The molecule has 7 rings (SSSR count). The summed E-state index contributed by atoms with van der Waals surface area (Å²) >= 11 is 0. The van der Waals surface area contributed by atoms with Crippen molar-refractivity contribution in [2.75, 3.05) is 0 Å². The largest absolute Gasteiger partial charge is 0.226 e. The highest BCUT2D eigenvalue weighted by molar-refractivity contribution is 6.20. The molecular weight excluding hydrogens is 410 g/mol. The Labute approximate surface area is 198 Å². The Kier molecular flexibility index (Phi) is 4.22. The van der Waals surface area contributed by atoms with E-state index in [4.69, 9.17) is 0 Å². The van der Waals surface area contributed by atoms with Gasteiger partial charge < -0.3 is 0 Å². The van der Waals surface area contributed by atoms with E-state index in [-0.39, 0.29) is 0 Å². The average molecular weight is 433 g/mol. The number of benzene rings is 6. The van der Waals surface area contributed by atoms with Crippen molar-refractivity contribution in [2.45, 2.75) is 0 Å². The highest BCUT2D eigenvalue weighted by Crippen LogP contribution is 2.41. The summed E-state index contributed by atoms with van der Waals surface area (Å²) in [5, 5.41) is 10.1. The first-order valence-corrected chi connectivity index (χ1v) is 11.7. The monoisotopic (exact) mass is 432 g/mol. The molecule has 0 bridgehead atoms. The van der Waals surface area contributed by atoms with Crippen molar-refractivity contribution in [2.24, 2.45) is 0 Å². The third-order valence-electron chi connectivity index (χ3n) is 6.91. The van der Waals surface area contributed by atoms with Gasteiger partial charge in [-0.2, -0.15) is 4.57 Å². The number of aromatic nitrogens is 1. The predicted octanol–water partition coefficient (Wildman–Crippen LogP) is 8.24. The quantitative estimate of drug-likeness (QED) is 0.191. The minimum atomic E-state index is 1.22. The van der Waals surface area contributed by atoms with Gasteiger partial charge in [0.05, 0.1) is 10.8 Å². The lowest BCUT2D eigenvalue weighted by molar-refractivity contribution is -0.591. The molecule has 0 saturated carbocycles. The number of fused-ring (bicyclic) bond motifs is 4. The van der Waals surface area contributed by atoms with Crippen LogP contribution < -0.4 is 4.57 Å². The second-order valence-electron chi connectivity index (χ2n) is 8.82. The maximum absolute atomic E-state index is 2.29. The van der Waals surface area contributed by atoms with Crippen molar-refractivity contribution in [1.82, 2.24) is 0 Å². The molecule has 34 heavy (non-hydrogen) atoms. The SMILES string of the molecule is c1ccc2c[n+](-c3c4ccccc4c(-c4cccc5ccccc45)c4ccccc34)ccc2c1. The van der Waals surface area contributed by atoms with E-state index in [2.05, 4.69) is 138 Å². The van der Waals surface area contributed by atoms with E-state index in [1.165, 1.54) is 59.9 Å². The maximum atomic E-state index is 2.29. The van der Waals surface area contributed by atoms with E-state index < -0.39 is 0 Å². The number of nitrogens with zero attached hydrogens (tertiary/aromatic N) is 1. The average Bonchev–Trinajstić information content (AvgIpc) is 2.91. The molecule has 0 aliphatic heterocycles. The Hall–Kier alpha value is -4.49. The van der Waals surface area contributed by atoms with Crippen LogP contribution in [0.2, 0.25) is 0 Å². The van der Waals surface area contributed by atoms with Gasteiger partial charge in [-0.15, -0.1) is 0 Å². The van der Waals surface area contributed by atoms with Crippen LogP contribution in [-0.2, 0) is 0 Å². The van der Waals surface area contributed by atoms with Crippen LogP contribution in [-0.4, -0.2) is 0 Å². The molecule has 7 aromatic rings. The number of pyridine rings is 1. The molecule has 0 atom stereocenters. The zero-order chi connectivity index (χ0) is 22.5. The van der Waals surface area contributed by atoms with E-state index >= 15 is 0 Å². The smallest absolute Gasteiger partial charge is 0.165 e. The van der Waals surface area contributed by atoms with Crippen molar-refractivity contribution in [1.29, 1.82) is 0 Å². The van der Waals surface area contributed by atoms with Crippen LogP contribution in [0.15, 0.2) is 134 Å². The predicted molar refractivity (Wildman–Crippen MR) is 143 cm³/mol. The van der Waals surface area contributed by atoms with E-state index in [0.717, 1.165) is 0 Å². The highest BCUT2D eigenvalue weighted by atomic mass is 14.9. The molecular formula is C33H22N+. The van der Waals surface area contributed by atoms with E-state index in [0.29, 0.717) is 0 Å². The van der Waals surface area contributed by atoms with Crippen LogP contribution in [0, 0.1) is 0 Å². The molecule has 0 radical (unpaired) electrons. The lowest BCUT2D eigenvalue weighted by Crippen LogP contribution is -2.30. The van der Waals surface area contributed by atoms with E-state index in [9.17, 15) is 0 Å². The lowest BCUT2D eigenvalue weighted by atomic mass is 9.88. The summed E-state index contributed by atoms with van der Waals surface area (Å²) in [5.74, 6) is 0. The van der Waals surface area contributed by atoms with Crippen molar-refractivity contribution < 1.29 is 4.57 Å². The van der Waals surface area contributed by atoms with Gasteiger partial charge in [-0.05, 0) is 56.3 Å². The van der Waals surface area contributed by atoms with Crippen LogP contribution >= 0.6 is 0 Å². The van der Waals surface area contributed by atoms with Gasteiger partial charge in [-0.25, -0.2) is 0 Å². The molecule has 0 amide bonds. The summed E-state index contributed by atoms with van der Waals surface area (Å²) in [6, 6.07) is 43.7. The molecule has 1 heteroatoms. The molecule has 0 saturated heterocycles. The standard InChI is InChI=1S/C33H22N/c1-2-12-25-22-34(21-20-23(25)10-1)33-30-17-7-5-15-28(30)32(29-16-6-8-18-31(29)33)27-19-9-13-24-11-3-4-14-26(24)27/h1-22H/q+1. The first kappa shape index (κ1) is 19.0.